The molecular formula is C27H22Cl2N2O3. The first kappa shape index (κ1) is 23.6. The Balaban J connectivity index is 1.40. The van der Waals surface area contributed by atoms with Gasteiger partial charge in [0, 0.05) is 5.02 Å². The smallest absolute Gasteiger partial charge is 0.244 e. The minimum atomic E-state index is -0.214. The lowest BCUT2D eigenvalue weighted by atomic mass is 10.0. The maximum atomic E-state index is 12.4. The molecule has 0 aromatic heterocycles. The van der Waals surface area contributed by atoms with Crippen LogP contribution < -0.4 is 14.9 Å². The van der Waals surface area contributed by atoms with Crippen LogP contribution in [0.5, 0.6) is 11.5 Å². The van der Waals surface area contributed by atoms with Crippen molar-refractivity contribution in [3.8, 4) is 11.5 Å². The quantitative estimate of drug-likeness (QED) is 0.227. The molecule has 7 heteroatoms. The molecule has 172 valence electrons. The van der Waals surface area contributed by atoms with E-state index in [1.54, 1.807) is 24.3 Å². The zero-order valence-corrected chi connectivity index (χ0v) is 19.9. The normalized spacial score (nSPS) is 11.0. The van der Waals surface area contributed by atoms with Crippen molar-refractivity contribution in [1.29, 1.82) is 0 Å². The van der Waals surface area contributed by atoms with Crippen LogP contribution in [-0.2, 0) is 17.8 Å². The molecule has 0 saturated carbocycles. The Kier molecular flexibility index (Phi) is 7.68. The molecule has 4 aromatic rings. The Morgan fingerprint density at radius 1 is 1.00 bits per heavy atom. The number of ether oxygens (including phenoxy) is 2. The topological polar surface area (TPSA) is 59.9 Å². The van der Waals surface area contributed by atoms with E-state index in [1.807, 2.05) is 54.6 Å². The van der Waals surface area contributed by atoms with Gasteiger partial charge >= 0.3 is 0 Å². The van der Waals surface area contributed by atoms with E-state index in [-0.39, 0.29) is 12.3 Å². The van der Waals surface area contributed by atoms with E-state index >= 15 is 0 Å². The number of hydrogen-bond acceptors (Lipinski definition) is 4. The summed E-state index contributed by atoms with van der Waals surface area (Å²) in [5, 5.41) is 7.25. The second kappa shape index (κ2) is 11.1. The zero-order valence-electron chi connectivity index (χ0n) is 18.4. The molecule has 0 heterocycles. The molecule has 1 amide bonds. The highest BCUT2D eigenvalue weighted by Crippen LogP contribution is 2.36. The van der Waals surface area contributed by atoms with Crippen LogP contribution in [0, 0.1) is 0 Å². The van der Waals surface area contributed by atoms with Gasteiger partial charge < -0.3 is 9.47 Å². The summed E-state index contributed by atoms with van der Waals surface area (Å²) in [7, 11) is 1.54. The van der Waals surface area contributed by atoms with E-state index in [0.717, 1.165) is 21.9 Å². The van der Waals surface area contributed by atoms with Gasteiger partial charge in [-0.3, -0.25) is 4.79 Å². The van der Waals surface area contributed by atoms with Crippen LogP contribution in [0.25, 0.3) is 10.8 Å². The number of nitrogens with one attached hydrogen (secondary N) is 1. The number of nitrogens with zero attached hydrogens (tertiary/aromatic N) is 1. The number of amides is 1. The van der Waals surface area contributed by atoms with Gasteiger partial charge in [0.25, 0.3) is 0 Å². The van der Waals surface area contributed by atoms with Gasteiger partial charge in [-0.25, -0.2) is 5.43 Å². The van der Waals surface area contributed by atoms with Gasteiger partial charge in [0.05, 0.1) is 24.8 Å². The number of hydrogen-bond donors (Lipinski definition) is 1. The van der Waals surface area contributed by atoms with Gasteiger partial charge in [-0.1, -0.05) is 77.8 Å². The van der Waals surface area contributed by atoms with Crippen molar-refractivity contribution in [3.63, 3.8) is 0 Å². The Labute approximate surface area is 207 Å². The summed E-state index contributed by atoms with van der Waals surface area (Å²) in [4.78, 5) is 12.4. The van der Waals surface area contributed by atoms with Crippen LogP contribution in [-0.4, -0.2) is 19.2 Å². The lowest BCUT2D eigenvalue weighted by Crippen LogP contribution is -2.19. The summed E-state index contributed by atoms with van der Waals surface area (Å²) < 4.78 is 11.3. The van der Waals surface area contributed by atoms with E-state index in [1.165, 1.54) is 13.3 Å². The summed E-state index contributed by atoms with van der Waals surface area (Å²) >= 11 is 12.4. The molecule has 0 spiro atoms. The third-order valence-electron chi connectivity index (χ3n) is 5.18. The van der Waals surface area contributed by atoms with E-state index in [9.17, 15) is 4.79 Å². The van der Waals surface area contributed by atoms with Crippen molar-refractivity contribution < 1.29 is 14.3 Å². The van der Waals surface area contributed by atoms with Crippen molar-refractivity contribution in [3.05, 3.63) is 106 Å². The number of fused-ring (bicyclic) bond motifs is 1. The molecule has 0 unspecified atom stereocenters. The van der Waals surface area contributed by atoms with Gasteiger partial charge in [0.2, 0.25) is 5.91 Å². The van der Waals surface area contributed by atoms with Crippen LogP contribution in [0.4, 0.5) is 0 Å². The molecule has 34 heavy (non-hydrogen) atoms. The van der Waals surface area contributed by atoms with Crippen LogP contribution in [0.1, 0.15) is 16.7 Å². The maximum Gasteiger partial charge on any atom is 0.244 e. The number of halogens is 2. The lowest BCUT2D eigenvalue weighted by Gasteiger charge is -2.13. The van der Waals surface area contributed by atoms with Gasteiger partial charge in [0.15, 0.2) is 11.5 Å². The van der Waals surface area contributed by atoms with Crippen molar-refractivity contribution in [1.82, 2.24) is 5.43 Å². The summed E-state index contributed by atoms with van der Waals surface area (Å²) in [5.74, 6) is 0.676. The van der Waals surface area contributed by atoms with Gasteiger partial charge in [-0.05, 0) is 51.7 Å². The summed E-state index contributed by atoms with van der Waals surface area (Å²) in [6.07, 6.45) is 1.73. The monoisotopic (exact) mass is 492 g/mol. The first-order valence-corrected chi connectivity index (χ1v) is 11.3. The average Bonchev–Trinajstić information content (AvgIpc) is 2.84. The third kappa shape index (κ3) is 5.87. The third-order valence-corrected chi connectivity index (χ3v) is 5.71. The molecule has 0 bridgehead atoms. The summed E-state index contributed by atoms with van der Waals surface area (Å²) in [6.45, 7) is 0.310. The lowest BCUT2D eigenvalue weighted by molar-refractivity contribution is -0.120. The molecular weight excluding hydrogens is 471 g/mol. The minimum Gasteiger partial charge on any atom is -0.493 e. The molecule has 5 nitrogen and oxygen atoms in total. The zero-order chi connectivity index (χ0) is 23.9. The van der Waals surface area contributed by atoms with Gasteiger partial charge in [0.1, 0.15) is 6.61 Å². The van der Waals surface area contributed by atoms with Crippen LogP contribution >= 0.6 is 23.2 Å². The Morgan fingerprint density at radius 3 is 2.56 bits per heavy atom. The predicted octanol–water partition coefficient (Wildman–Crippen LogP) is 6.43. The van der Waals surface area contributed by atoms with E-state index in [2.05, 4.69) is 10.5 Å². The van der Waals surface area contributed by atoms with Crippen molar-refractivity contribution in [2.45, 2.75) is 13.0 Å². The van der Waals surface area contributed by atoms with Crippen molar-refractivity contribution >= 4 is 46.1 Å². The Bertz CT molecular complexity index is 1330. The minimum absolute atomic E-state index is 0.214. The molecule has 0 aliphatic heterocycles. The number of hydrazone groups is 1. The second-order valence-corrected chi connectivity index (χ2v) is 8.40. The van der Waals surface area contributed by atoms with Crippen LogP contribution in [0.2, 0.25) is 10.0 Å². The molecule has 0 fully saturated rings. The number of carbonyl (C=O) groups excluding carboxylic acids is 1. The fraction of sp³-hybridized carbons (Fsp3) is 0.111. The molecule has 4 aromatic carbocycles. The highest BCUT2D eigenvalue weighted by atomic mass is 35.5. The van der Waals surface area contributed by atoms with E-state index in [4.69, 9.17) is 32.7 Å². The number of rotatable bonds is 8. The van der Waals surface area contributed by atoms with Crippen molar-refractivity contribution in [2.75, 3.05) is 7.11 Å². The summed E-state index contributed by atoms with van der Waals surface area (Å²) in [6, 6.07) is 24.7. The highest BCUT2D eigenvalue weighted by Gasteiger charge is 2.12. The molecule has 0 aliphatic rings. The first-order valence-electron chi connectivity index (χ1n) is 10.6. The average molecular weight is 493 g/mol. The standard InChI is InChI=1S/C27H22Cl2N2O3/c1-33-25-14-19(13-24(29)27(25)34-17-18-9-11-22(28)12-10-18)16-30-31-26(32)15-21-7-4-6-20-5-2-3-8-23(20)21/h2-14,16H,15,17H2,1H3,(H,31,32)/b30-16-. The number of carbonyl (C=O) groups is 1. The van der Waals surface area contributed by atoms with Gasteiger partial charge in [-0.2, -0.15) is 5.10 Å². The van der Waals surface area contributed by atoms with Crippen LogP contribution in [0.15, 0.2) is 84.0 Å². The maximum absolute atomic E-state index is 12.4. The fourth-order valence-corrected chi connectivity index (χ4v) is 3.93. The largest absolute Gasteiger partial charge is 0.493 e. The summed E-state index contributed by atoms with van der Waals surface area (Å²) in [5.41, 5.74) is 5.12. The molecule has 4 rings (SSSR count). The molecule has 0 aliphatic carbocycles. The molecule has 1 N–H and O–H groups in total. The second-order valence-electron chi connectivity index (χ2n) is 7.56. The fourth-order valence-electron chi connectivity index (χ4n) is 3.53. The molecule has 0 radical (unpaired) electrons. The Morgan fingerprint density at radius 2 is 1.76 bits per heavy atom. The number of benzene rings is 4. The number of methoxy groups -OCH3 is 1. The predicted molar refractivity (Wildman–Crippen MR) is 137 cm³/mol. The Hall–Kier alpha value is -3.54. The first-order chi connectivity index (χ1) is 16.5. The SMILES string of the molecule is COc1cc(/C=N\NC(=O)Cc2cccc3ccccc23)cc(Cl)c1OCc1ccc(Cl)cc1. The molecule has 0 saturated heterocycles. The van der Waals surface area contributed by atoms with Crippen molar-refractivity contribution in [2.24, 2.45) is 5.10 Å². The van der Waals surface area contributed by atoms with E-state index in [0.29, 0.717) is 33.7 Å². The molecule has 0 atom stereocenters. The highest BCUT2D eigenvalue weighted by molar-refractivity contribution is 6.32. The van der Waals surface area contributed by atoms with Crippen LogP contribution in [0.3, 0.4) is 0 Å². The van der Waals surface area contributed by atoms with Gasteiger partial charge in [-0.15, -0.1) is 0 Å². The van der Waals surface area contributed by atoms with E-state index < -0.39 is 0 Å².